The molecule has 0 radical (unpaired) electrons. The van der Waals surface area contributed by atoms with Gasteiger partial charge < -0.3 is 5.11 Å². The molecule has 2 N–H and O–H groups in total. The number of carbonyl (C=O) groups is 2. The molecule has 1 unspecified atom stereocenters. The minimum Gasteiger partial charge on any atom is -0.507 e. The van der Waals surface area contributed by atoms with Crippen LogP contribution in [0.1, 0.15) is 17.2 Å². The van der Waals surface area contributed by atoms with Crippen LogP contribution < -0.4 is 9.62 Å². The summed E-state index contributed by atoms with van der Waals surface area (Å²) in [6.45, 7) is 0. The van der Waals surface area contributed by atoms with Crippen molar-refractivity contribution >= 4 is 61.2 Å². The number of hydrogen-bond acceptors (Lipinski definition) is 7. The van der Waals surface area contributed by atoms with Gasteiger partial charge in [0.15, 0.2) is 5.13 Å². The average Bonchev–Trinajstić information content (AvgIpc) is 3.50. The number of aromatic nitrogens is 1. The minimum absolute atomic E-state index is 0.0460. The zero-order valence-electron chi connectivity index (χ0n) is 18.9. The monoisotopic (exact) mass is 551 g/mol. The van der Waals surface area contributed by atoms with Gasteiger partial charge in [-0.05, 0) is 42.0 Å². The van der Waals surface area contributed by atoms with Crippen LogP contribution in [0.25, 0.3) is 5.76 Å². The van der Waals surface area contributed by atoms with E-state index in [1.165, 1.54) is 35.4 Å². The highest BCUT2D eigenvalue weighted by molar-refractivity contribution is 7.93. The Morgan fingerprint density at radius 2 is 1.65 bits per heavy atom. The number of amides is 1. The van der Waals surface area contributed by atoms with Gasteiger partial charge in [-0.1, -0.05) is 54.1 Å². The summed E-state index contributed by atoms with van der Waals surface area (Å²) >= 11 is 7.20. The molecular formula is C26H18ClN3O5S2. The Labute approximate surface area is 221 Å². The second-order valence-electron chi connectivity index (χ2n) is 8.02. The summed E-state index contributed by atoms with van der Waals surface area (Å²) in [5.74, 6) is -2.02. The lowest BCUT2D eigenvalue weighted by atomic mass is 9.95. The largest absolute Gasteiger partial charge is 0.507 e. The Hall–Kier alpha value is -3.99. The topological polar surface area (TPSA) is 117 Å². The van der Waals surface area contributed by atoms with Crippen molar-refractivity contribution in [3.63, 3.8) is 0 Å². The van der Waals surface area contributed by atoms with E-state index in [1.807, 2.05) is 0 Å². The molecule has 1 aromatic heterocycles. The molecule has 0 bridgehead atoms. The van der Waals surface area contributed by atoms with E-state index in [0.29, 0.717) is 16.1 Å². The third kappa shape index (κ3) is 4.74. The lowest BCUT2D eigenvalue weighted by Gasteiger charge is -2.25. The molecule has 1 saturated heterocycles. The number of anilines is 2. The number of sulfonamides is 1. The van der Waals surface area contributed by atoms with E-state index in [-0.39, 0.29) is 27.0 Å². The maximum atomic E-state index is 13.3. The van der Waals surface area contributed by atoms with Crippen LogP contribution in [0.5, 0.6) is 0 Å². The Bertz CT molecular complexity index is 1600. The van der Waals surface area contributed by atoms with E-state index < -0.39 is 27.8 Å². The summed E-state index contributed by atoms with van der Waals surface area (Å²) < 4.78 is 27.9. The summed E-state index contributed by atoms with van der Waals surface area (Å²) in [6.07, 6.45) is 1.48. The van der Waals surface area contributed by atoms with Crippen LogP contribution in [0.15, 0.2) is 101 Å². The normalized spacial score (nSPS) is 17.2. The summed E-state index contributed by atoms with van der Waals surface area (Å²) in [5, 5.41) is 13.4. The van der Waals surface area contributed by atoms with Gasteiger partial charge in [0, 0.05) is 27.9 Å². The van der Waals surface area contributed by atoms with Crippen molar-refractivity contribution in [1.82, 2.24) is 4.98 Å². The van der Waals surface area contributed by atoms with Gasteiger partial charge in [-0.2, -0.15) is 0 Å². The average molecular weight is 552 g/mol. The van der Waals surface area contributed by atoms with Crippen molar-refractivity contribution in [2.24, 2.45) is 0 Å². The number of rotatable bonds is 6. The highest BCUT2D eigenvalue weighted by Crippen LogP contribution is 2.42. The molecule has 0 spiro atoms. The zero-order chi connectivity index (χ0) is 26.2. The first-order valence-electron chi connectivity index (χ1n) is 10.9. The molecule has 1 aliphatic heterocycles. The van der Waals surface area contributed by atoms with E-state index in [4.69, 9.17) is 11.6 Å². The number of ketones is 1. The number of nitrogens with zero attached hydrogens (tertiary/aromatic N) is 2. The van der Waals surface area contributed by atoms with Crippen LogP contribution in [0.2, 0.25) is 5.02 Å². The highest BCUT2D eigenvalue weighted by Gasteiger charge is 2.47. The Morgan fingerprint density at radius 1 is 0.973 bits per heavy atom. The highest BCUT2D eigenvalue weighted by atomic mass is 35.5. The van der Waals surface area contributed by atoms with Gasteiger partial charge in [-0.15, -0.1) is 11.3 Å². The number of thiazole rings is 1. The summed E-state index contributed by atoms with van der Waals surface area (Å²) in [7, 11) is -3.91. The summed E-state index contributed by atoms with van der Waals surface area (Å²) in [5.41, 5.74) is 1.13. The van der Waals surface area contributed by atoms with Crippen LogP contribution >= 0.6 is 22.9 Å². The number of benzene rings is 3. The van der Waals surface area contributed by atoms with E-state index in [1.54, 1.807) is 60.0 Å². The molecule has 0 aliphatic carbocycles. The van der Waals surface area contributed by atoms with Gasteiger partial charge in [-0.25, -0.2) is 13.4 Å². The maximum absolute atomic E-state index is 13.3. The van der Waals surface area contributed by atoms with Crippen molar-refractivity contribution in [3.05, 3.63) is 112 Å². The number of hydrogen-bond donors (Lipinski definition) is 2. The molecule has 1 fully saturated rings. The number of aliphatic hydroxyl groups is 1. The standard InChI is InChI=1S/C26H18ClN3O5S2/c27-18-8-6-16(7-9-18)22-21(23(31)17-4-2-1-3-5-17)24(32)25(33)30(22)19-10-12-20(13-11-19)37(34,35)29-26-28-14-15-36-26/h1-15,22,31H,(H,28,29). The predicted octanol–water partition coefficient (Wildman–Crippen LogP) is 5.22. The van der Waals surface area contributed by atoms with Gasteiger partial charge in [0.1, 0.15) is 5.76 Å². The quantitative estimate of drug-likeness (QED) is 0.193. The molecule has 3 aromatic carbocycles. The second kappa shape index (κ2) is 9.81. The fourth-order valence-electron chi connectivity index (χ4n) is 4.04. The molecule has 2 heterocycles. The molecule has 1 amide bonds. The van der Waals surface area contributed by atoms with Crippen LogP contribution in [0.3, 0.4) is 0 Å². The number of Topliss-reactive ketones (excluding diaryl/α,β-unsaturated/α-hetero) is 1. The lowest BCUT2D eigenvalue weighted by Crippen LogP contribution is -2.29. The van der Waals surface area contributed by atoms with E-state index >= 15 is 0 Å². The fourth-order valence-corrected chi connectivity index (χ4v) is 5.96. The Kier molecular flexibility index (Phi) is 6.55. The molecule has 8 nitrogen and oxygen atoms in total. The number of aliphatic hydroxyl groups excluding tert-OH is 1. The Balaban J connectivity index is 1.59. The van der Waals surface area contributed by atoms with Crippen LogP contribution in [0.4, 0.5) is 10.8 Å². The lowest BCUT2D eigenvalue weighted by molar-refractivity contribution is -0.132. The van der Waals surface area contributed by atoms with Gasteiger partial charge >= 0.3 is 0 Å². The van der Waals surface area contributed by atoms with E-state index in [2.05, 4.69) is 9.71 Å². The molecule has 11 heteroatoms. The van der Waals surface area contributed by atoms with Crippen LogP contribution in [-0.4, -0.2) is 30.2 Å². The zero-order valence-corrected chi connectivity index (χ0v) is 21.3. The first kappa shape index (κ1) is 24.7. The van der Waals surface area contributed by atoms with Gasteiger partial charge in [0.05, 0.1) is 16.5 Å². The first-order valence-corrected chi connectivity index (χ1v) is 13.6. The first-order chi connectivity index (χ1) is 17.8. The molecule has 1 atom stereocenters. The molecule has 4 aromatic rings. The van der Waals surface area contributed by atoms with Gasteiger partial charge in [-0.3, -0.25) is 19.2 Å². The molecular weight excluding hydrogens is 534 g/mol. The van der Waals surface area contributed by atoms with Crippen LogP contribution in [-0.2, 0) is 19.6 Å². The van der Waals surface area contributed by atoms with Crippen molar-refractivity contribution in [2.75, 3.05) is 9.62 Å². The molecule has 1 aliphatic rings. The van der Waals surface area contributed by atoms with Crippen LogP contribution in [0, 0.1) is 0 Å². The summed E-state index contributed by atoms with van der Waals surface area (Å²) in [4.78, 5) is 31.6. The molecule has 186 valence electrons. The van der Waals surface area contributed by atoms with Gasteiger partial charge in [0.2, 0.25) is 0 Å². The third-order valence-electron chi connectivity index (χ3n) is 5.76. The molecule has 37 heavy (non-hydrogen) atoms. The number of carbonyl (C=O) groups excluding carboxylic acids is 2. The number of nitrogens with one attached hydrogen (secondary N) is 1. The summed E-state index contributed by atoms with van der Waals surface area (Å²) in [6, 6.07) is 19.6. The molecule has 5 rings (SSSR count). The van der Waals surface area contributed by atoms with Crippen molar-refractivity contribution in [1.29, 1.82) is 0 Å². The fraction of sp³-hybridized carbons (Fsp3) is 0.0385. The Morgan fingerprint density at radius 3 is 2.27 bits per heavy atom. The second-order valence-corrected chi connectivity index (χ2v) is 11.0. The SMILES string of the molecule is O=C1C(=O)N(c2ccc(S(=O)(=O)Nc3nccs3)cc2)C(c2ccc(Cl)cc2)C1=C(O)c1ccccc1. The maximum Gasteiger partial charge on any atom is 0.300 e. The van der Waals surface area contributed by atoms with Gasteiger partial charge in [0.25, 0.3) is 21.7 Å². The smallest absolute Gasteiger partial charge is 0.300 e. The van der Waals surface area contributed by atoms with E-state index in [0.717, 1.165) is 11.3 Å². The van der Waals surface area contributed by atoms with Crippen molar-refractivity contribution < 1.29 is 23.1 Å². The molecule has 0 saturated carbocycles. The van der Waals surface area contributed by atoms with Crippen molar-refractivity contribution in [2.45, 2.75) is 10.9 Å². The number of halogens is 1. The minimum atomic E-state index is -3.91. The predicted molar refractivity (Wildman–Crippen MR) is 142 cm³/mol. The van der Waals surface area contributed by atoms with E-state index in [9.17, 15) is 23.1 Å². The van der Waals surface area contributed by atoms with Crippen molar-refractivity contribution in [3.8, 4) is 0 Å². The third-order valence-corrected chi connectivity index (χ3v) is 8.18.